The van der Waals surface area contributed by atoms with Crippen LogP contribution in [0, 0.1) is 5.82 Å². The second-order valence-corrected chi connectivity index (χ2v) is 11.7. The number of nitrogens with zero attached hydrogens (tertiary/aromatic N) is 5. The quantitative estimate of drug-likeness (QED) is 0.128. The maximum atomic E-state index is 15.1. The molecule has 0 aliphatic carbocycles. The van der Waals surface area contributed by atoms with Crippen LogP contribution in [0.5, 0.6) is 11.5 Å². The highest BCUT2D eigenvalue weighted by atomic mass is 32.1. The molecule has 45 heavy (non-hydrogen) atoms. The predicted octanol–water partition coefficient (Wildman–Crippen LogP) is 7.11. The third kappa shape index (κ3) is 6.81. The number of unbranched alkanes of at least 4 members (excludes halogenated alkanes) is 3. The Labute approximate surface area is 264 Å². The summed E-state index contributed by atoms with van der Waals surface area (Å²) in [5.41, 5.74) is 3.12. The Morgan fingerprint density at radius 1 is 0.867 bits per heavy atom. The normalized spacial score (nSPS) is 11.8. The molecule has 0 saturated carbocycles. The fourth-order valence-corrected chi connectivity index (χ4v) is 5.76. The summed E-state index contributed by atoms with van der Waals surface area (Å²) in [5.74, 6) is 1.01. The lowest BCUT2D eigenvalue weighted by molar-refractivity contribution is 0.294. The van der Waals surface area contributed by atoms with Crippen molar-refractivity contribution >= 4 is 22.4 Å². The highest BCUT2D eigenvalue weighted by Gasteiger charge is 2.17. The molecule has 0 aliphatic heterocycles. The predicted molar refractivity (Wildman–Crippen MR) is 176 cm³/mol. The van der Waals surface area contributed by atoms with Crippen molar-refractivity contribution in [3.8, 4) is 39.8 Å². The highest BCUT2D eigenvalue weighted by Crippen LogP contribution is 2.29. The van der Waals surface area contributed by atoms with Crippen LogP contribution in [0.3, 0.4) is 0 Å². The van der Waals surface area contributed by atoms with Gasteiger partial charge in [0.2, 0.25) is 4.96 Å². The van der Waals surface area contributed by atoms with Crippen LogP contribution in [0.2, 0.25) is 0 Å². The van der Waals surface area contributed by atoms with Crippen LogP contribution in [0.15, 0.2) is 83.8 Å². The fourth-order valence-electron chi connectivity index (χ4n) is 4.86. The Bertz CT molecular complexity index is 2000. The molecule has 230 valence electrons. The Balaban J connectivity index is 1.32. The zero-order valence-corrected chi connectivity index (χ0v) is 26.1. The number of para-hydroxylation sites is 1. The van der Waals surface area contributed by atoms with Gasteiger partial charge in [-0.25, -0.2) is 9.07 Å². The van der Waals surface area contributed by atoms with Crippen LogP contribution in [0.25, 0.3) is 39.4 Å². The van der Waals surface area contributed by atoms with Crippen molar-refractivity contribution in [1.82, 2.24) is 24.4 Å². The molecular formula is C35H34FN5O3S. The van der Waals surface area contributed by atoms with Crippen molar-refractivity contribution < 1.29 is 13.9 Å². The molecule has 6 rings (SSSR count). The Hall–Kier alpha value is -4.83. The number of fused-ring (bicyclic) bond motifs is 1. The van der Waals surface area contributed by atoms with E-state index in [4.69, 9.17) is 14.6 Å². The van der Waals surface area contributed by atoms with E-state index >= 15 is 4.39 Å². The SMILES string of the molecule is CCCCCOc1ccc(-c2nc3sc(=Cc4cn(-c5ccccc5)nc4-c4ccc(OCCCC)c(F)c4)c(=O)n3n2)cc1. The van der Waals surface area contributed by atoms with Gasteiger partial charge in [-0.2, -0.15) is 14.6 Å². The molecule has 0 aliphatic rings. The second kappa shape index (κ2) is 13.9. The molecule has 10 heteroatoms. The molecule has 8 nitrogen and oxygen atoms in total. The van der Waals surface area contributed by atoms with Gasteiger partial charge in [-0.05, 0) is 73.5 Å². The van der Waals surface area contributed by atoms with E-state index in [0.29, 0.717) is 45.4 Å². The van der Waals surface area contributed by atoms with Crippen molar-refractivity contribution in [1.29, 1.82) is 0 Å². The summed E-state index contributed by atoms with van der Waals surface area (Å²) in [6.07, 6.45) is 8.72. The second-order valence-electron chi connectivity index (χ2n) is 10.7. The molecule has 0 amide bonds. The average Bonchev–Trinajstić information content (AvgIpc) is 3.76. The van der Waals surface area contributed by atoms with E-state index in [1.807, 2.05) is 60.8 Å². The number of hydrogen-bond acceptors (Lipinski definition) is 7. The van der Waals surface area contributed by atoms with Crippen LogP contribution in [0.4, 0.5) is 4.39 Å². The van der Waals surface area contributed by atoms with Gasteiger partial charge >= 0.3 is 0 Å². The minimum atomic E-state index is -0.462. The van der Waals surface area contributed by atoms with Crippen LogP contribution >= 0.6 is 11.3 Å². The summed E-state index contributed by atoms with van der Waals surface area (Å²) in [7, 11) is 0. The highest BCUT2D eigenvalue weighted by molar-refractivity contribution is 7.15. The van der Waals surface area contributed by atoms with Crippen LogP contribution in [-0.2, 0) is 0 Å². The molecule has 0 spiro atoms. The van der Waals surface area contributed by atoms with E-state index in [2.05, 4.69) is 23.9 Å². The molecular weight excluding hydrogens is 589 g/mol. The van der Waals surface area contributed by atoms with Gasteiger partial charge in [0, 0.05) is 22.9 Å². The number of thiazole rings is 1. The Kier molecular flexibility index (Phi) is 9.30. The van der Waals surface area contributed by atoms with Gasteiger partial charge in [-0.15, -0.1) is 5.10 Å². The van der Waals surface area contributed by atoms with Crippen LogP contribution in [-0.4, -0.2) is 37.6 Å². The number of aromatic nitrogens is 5. The molecule has 6 aromatic rings. The summed E-state index contributed by atoms with van der Waals surface area (Å²) in [4.78, 5) is 18.6. The molecule has 0 atom stereocenters. The molecule has 0 radical (unpaired) electrons. The number of benzene rings is 3. The van der Waals surface area contributed by atoms with Gasteiger partial charge in [0.25, 0.3) is 5.56 Å². The standard InChI is InChI=1S/C35H34FN5O3S/c1-3-5-10-20-43-28-16-13-24(14-17-28)33-37-35-41(39-33)34(42)31(45-35)22-26-23-40(27-11-8-7-9-12-27)38-32(26)25-15-18-30(29(36)21-25)44-19-6-4-2/h7-9,11-18,21-23H,3-6,10,19-20H2,1-2H3. The summed E-state index contributed by atoms with van der Waals surface area (Å²) >= 11 is 1.24. The summed E-state index contributed by atoms with van der Waals surface area (Å²) in [6, 6.07) is 22.1. The maximum Gasteiger partial charge on any atom is 0.291 e. The first kappa shape index (κ1) is 30.2. The molecule has 3 heterocycles. The minimum Gasteiger partial charge on any atom is -0.494 e. The van der Waals surface area contributed by atoms with E-state index in [1.165, 1.54) is 21.9 Å². The van der Waals surface area contributed by atoms with Crippen molar-refractivity contribution in [2.45, 2.75) is 46.0 Å². The van der Waals surface area contributed by atoms with Gasteiger partial charge in [-0.3, -0.25) is 4.79 Å². The maximum absolute atomic E-state index is 15.1. The zero-order valence-electron chi connectivity index (χ0n) is 25.3. The topological polar surface area (TPSA) is 83.5 Å². The molecule has 0 bridgehead atoms. The number of hydrogen-bond donors (Lipinski definition) is 0. The van der Waals surface area contributed by atoms with Crippen molar-refractivity contribution in [2.75, 3.05) is 13.2 Å². The Morgan fingerprint density at radius 3 is 2.36 bits per heavy atom. The summed E-state index contributed by atoms with van der Waals surface area (Å²) in [5, 5.41) is 9.29. The number of ether oxygens (including phenoxy) is 2. The van der Waals surface area contributed by atoms with Gasteiger partial charge < -0.3 is 9.47 Å². The molecule has 3 aromatic carbocycles. The number of rotatable bonds is 13. The van der Waals surface area contributed by atoms with E-state index in [0.717, 1.165) is 49.1 Å². The first-order chi connectivity index (χ1) is 22.0. The average molecular weight is 624 g/mol. The lowest BCUT2D eigenvalue weighted by atomic mass is 10.1. The Morgan fingerprint density at radius 2 is 1.62 bits per heavy atom. The minimum absolute atomic E-state index is 0.206. The van der Waals surface area contributed by atoms with E-state index < -0.39 is 5.82 Å². The van der Waals surface area contributed by atoms with Crippen molar-refractivity contribution in [3.63, 3.8) is 0 Å². The van der Waals surface area contributed by atoms with E-state index in [-0.39, 0.29) is 11.3 Å². The molecule has 0 unspecified atom stereocenters. The van der Waals surface area contributed by atoms with Crippen molar-refractivity contribution in [3.05, 3.63) is 105 Å². The van der Waals surface area contributed by atoms with E-state index in [1.54, 1.807) is 22.9 Å². The fraction of sp³-hybridized carbons (Fsp3) is 0.257. The van der Waals surface area contributed by atoms with Crippen LogP contribution in [0.1, 0.15) is 51.5 Å². The largest absolute Gasteiger partial charge is 0.494 e. The third-order valence-corrected chi connectivity index (χ3v) is 8.28. The van der Waals surface area contributed by atoms with Gasteiger partial charge in [0.15, 0.2) is 17.4 Å². The lowest BCUT2D eigenvalue weighted by Gasteiger charge is -2.08. The molecule has 0 saturated heterocycles. The first-order valence-electron chi connectivity index (χ1n) is 15.3. The molecule has 3 aromatic heterocycles. The molecule has 0 fully saturated rings. The summed E-state index contributed by atoms with van der Waals surface area (Å²) < 4.78 is 30.0. The van der Waals surface area contributed by atoms with Gasteiger partial charge in [0.1, 0.15) is 11.4 Å². The first-order valence-corrected chi connectivity index (χ1v) is 16.1. The van der Waals surface area contributed by atoms with Crippen LogP contribution < -0.4 is 19.6 Å². The smallest absolute Gasteiger partial charge is 0.291 e. The van der Waals surface area contributed by atoms with Gasteiger partial charge in [0.05, 0.1) is 23.4 Å². The zero-order chi connectivity index (χ0) is 31.2. The van der Waals surface area contributed by atoms with Gasteiger partial charge in [-0.1, -0.05) is 62.6 Å². The lowest BCUT2D eigenvalue weighted by Crippen LogP contribution is -2.23. The molecule has 0 N–H and O–H groups in total. The number of halogens is 1. The van der Waals surface area contributed by atoms with E-state index in [9.17, 15) is 4.79 Å². The van der Waals surface area contributed by atoms with Crippen molar-refractivity contribution in [2.24, 2.45) is 0 Å². The third-order valence-electron chi connectivity index (χ3n) is 7.32. The summed E-state index contributed by atoms with van der Waals surface area (Å²) in [6.45, 7) is 5.36. The monoisotopic (exact) mass is 623 g/mol.